The van der Waals surface area contributed by atoms with E-state index in [0.717, 1.165) is 16.9 Å². The highest BCUT2D eigenvalue weighted by Crippen LogP contribution is 2.23. The Bertz CT molecular complexity index is 525. The van der Waals surface area contributed by atoms with E-state index in [2.05, 4.69) is 41.6 Å². The van der Waals surface area contributed by atoms with E-state index < -0.39 is 0 Å². The van der Waals surface area contributed by atoms with Gasteiger partial charge in [0.05, 0.1) is 18.8 Å². The molecule has 1 atom stereocenters. The molecule has 0 bridgehead atoms. The van der Waals surface area contributed by atoms with Crippen molar-refractivity contribution in [3.05, 3.63) is 59.4 Å². The number of hydrogen-bond donors (Lipinski definition) is 2. The van der Waals surface area contributed by atoms with Crippen LogP contribution in [0.5, 0.6) is 5.75 Å². The summed E-state index contributed by atoms with van der Waals surface area (Å²) in [4.78, 5) is 4.19. The lowest BCUT2D eigenvalue weighted by Crippen LogP contribution is -2.28. The first-order valence-electron chi connectivity index (χ1n) is 6.35. The molecule has 0 aliphatic rings. The molecule has 0 amide bonds. The zero-order chi connectivity index (χ0) is 13.7. The SMILES string of the molecule is CCOc1cncc(C(NN)c2ccc(C)cc2)c1. The topological polar surface area (TPSA) is 60.2 Å². The largest absolute Gasteiger partial charge is 0.492 e. The minimum absolute atomic E-state index is 0.0893. The van der Waals surface area contributed by atoms with Crippen LogP contribution in [0.3, 0.4) is 0 Å². The minimum Gasteiger partial charge on any atom is -0.492 e. The van der Waals surface area contributed by atoms with Crippen molar-refractivity contribution in [3.8, 4) is 5.75 Å². The molecule has 0 aliphatic carbocycles. The molecule has 0 spiro atoms. The number of rotatable bonds is 5. The second-order valence-electron chi connectivity index (χ2n) is 4.40. The molecule has 2 aromatic rings. The van der Waals surface area contributed by atoms with Gasteiger partial charge in [0.2, 0.25) is 0 Å². The van der Waals surface area contributed by atoms with Gasteiger partial charge in [-0.15, -0.1) is 0 Å². The van der Waals surface area contributed by atoms with E-state index in [9.17, 15) is 0 Å². The van der Waals surface area contributed by atoms with E-state index in [4.69, 9.17) is 10.6 Å². The molecule has 0 saturated carbocycles. The van der Waals surface area contributed by atoms with Crippen LogP contribution < -0.4 is 16.0 Å². The van der Waals surface area contributed by atoms with Gasteiger partial charge < -0.3 is 4.74 Å². The van der Waals surface area contributed by atoms with E-state index in [1.54, 1.807) is 12.4 Å². The summed E-state index contributed by atoms with van der Waals surface area (Å²) < 4.78 is 5.47. The number of hydrogen-bond acceptors (Lipinski definition) is 4. The van der Waals surface area contributed by atoms with Gasteiger partial charge in [-0.05, 0) is 31.0 Å². The maximum absolute atomic E-state index is 5.68. The summed E-state index contributed by atoms with van der Waals surface area (Å²) in [6, 6.07) is 10.1. The molecule has 3 N–H and O–H groups in total. The second-order valence-corrected chi connectivity index (χ2v) is 4.40. The Morgan fingerprint density at radius 2 is 1.95 bits per heavy atom. The summed E-state index contributed by atoms with van der Waals surface area (Å²) in [7, 11) is 0. The fourth-order valence-corrected chi connectivity index (χ4v) is 1.98. The van der Waals surface area contributed by atoms with Crippen LogP contribution in [0, 0.1) is 6.92 Å². The summed E-state index contributed by atoms with van der Waals surface area (Å²) in [5.74, 6) is 6.44. The fourth-order valence-electron chi connectivity index (χ4n) is 1.98. The van der Waals surface area contributed by atoms with Gasteiger partial charge in [0.1, 0.15) is 5.75 Å². The van der Waals surface area contributed by atoms with Gasteiger partial charge in [0.15, 0.2) is 0 Å². The van der Waals surface area contributed by atoms with Crippen LogP contribution in [0.25, 0.3) is 0 Å². The molecule has 4 heteroatoms. The third kappa shape index (κ3) is 3.30. The van der Waals surface area contributed by atoms with Crippen molar-refractivity contribution in [1.82, 2.24) is 10.4 Å². The molecule has 1 heterocycles. The van der Waals surface area contributed by atoms with Gasteiger partial charge >= 0.3 is 0 Å². The van der Waals surface area contributed by atoms with Gasteiger partial charge in [-0.3, -0.25) is 10.8 Å². The Morgan fingerprint density at radius 3 is 2.58 bits per heavy atom. The smallest absolute Gasteiger partial charge is 0.137 e. The fraction of sp³-hybridized carbons (Fsp3) is 0.267. The minimum atomic E-state index is -0.0893. The van der Waals surface area contributed by atoms with Crippen LogP contribution in [0.15, 0.2) is 42.7 Å². The number of nitrogens with zero attached hydrogens (tertiary/aromatic N) is 1. The first-order chi connectivity index (χ1) is 9.24. The van der Waals surface area contributed by atoms with Gasteiger partial charge in [-0.25, -0.2) is 5.43 Å². The molecule has 4 nitrogen and oxygen atoms in total. The van der Waals surface area contributed by atoms with Crippen molar-refractivity contribution in [1.29, 1.82) is 0 Å². The number of nitrogens with one attached hydrogen (secondary N) is 1. The number of benzene rings is 1. The number of pyridine rings is 1. The van der Waals surface area contributed by atoms with Crippen LogP contribution in [0.2, 0.25) is 0 Å². The number of ether oxygens (including phenoxy) is 1. The first-order valence-corrected chi connectivity index (χ1v) is 6.35. The summed E-state index contributed by atoms with van der Waals surface area (Å²) in [6.07, 6.45) is 3.50. The third-order valence-corrected chi connectivity index (χ3v) is 2.96. The van der Waals surface area contributed by atoms with Crippen LogP contribution in [-0.2, 0) is 0 Å². The molecule has 100 valence electrons. The molecule has 2 rings (SSSR count). The summed E-state index contributed by atoms with van der Waals surface area (Å²) >= 11 is 0. The predicted octanol–water partition coefficient (Wildman–Crippen LogP) is 2.34. The predicted molar refractivity (Wildman–Crippen MR) is 75.8 cm³/mol. The van der Waals surface area contributed by atoms with Crippen molar-refractivity contribution in [3.63, 3.8) is 0 Å². The van der Waals surface area contributed by atoms with Crippen molar-refractivity contribution >= 4 is 0 Å². The van der Waals surface area contributed by atoms with Crippen molar-refractivity contribution in [2.45, 2.75) is 19.9 Å². The van der Waals surface area contributed by atoms with E-state index in [1.807, 2.05) is 13.0 Å². The zero-order valence-electron chi connectivity index (χ0n) is 11.3. The number of aromatic nitrogens is 1. The molecule has 19 heavy (non-hydrogen) atoms. The number of hydrazine groups is 1. The van der Waals surface area contributed by atoms with Crippen molar-refractivity contribution in [2.75, 3.05) is 6.61 Å². The van der Waals surface area contributed by atoms with E-state index >= 15 is 0 Å². The Labute approximate surface area is 113 Å². The molecule has 1 aromatic carbocycles. The summed E-state index contributed by atoms with van der Waals surface area (Å²) in [5.41, 5.74) is 6.13. The van der Waals surface area contributed by atoms with E-state index in [1.165, 1.54) is 5.56 Å². The highest BCUT2D eigenvalue weighted by Gasteiger charge is 2.13. The lowest BCUT2D eigenvalue weighted by atomic mass is 10.00. The quantitative estimate of drug-likeness (QED) is 0.637. The van der Waals surface area contributed by atoms with Gasteiger partial charge in [-0.1, -0.05) is 29.8 Å². The van der Waals surface area contributed by atoms with Crippen molar-refractivity contribution in [2.24, 2.45) is 5.84 Å². The molecule has 1 aromatic heterocycles. The highest BCUT2D eigenvalue weighted by molar-refractivity contribution is 5.35. The molecular weight excluding hydrogens is 238 g/mol. The molecule has 0 radical (unpaired) electrons. The van der Waals surface area contributed by atoms with Crippen LogP contribution in [-0.4, -0.2) is 11.6 Å². The third-order valence-electron chi connectivity index (χ3n) is 2.96. The van der Waals surface area contributed by atoms with Crippen LogP contribution in [0.4, 0.5) is 0 Å². The average Bonchev–Trinajstić information content (AvgIpc) is 2.43. The lowest BCUT2D eigenvalue weighted by Gasteiger charge is -2.17. The van der Waals surface area contributed by atoms with Crippen LogP contribution >= 0.6 is 0 Å². The molecule has 0 aliphatic heterocycles. The second kappa shape index (κ2) is 6.31. The monoisotopic (exact) mass is 257 g/mol. The summed E-state index contributed by atoms with van der Waals surface area (Å²) in [5, 5.41) is 0. The highest BCUT2D eigenvalue weighted by atomic mass is 16.5. The number of nitrogens with two attached hydrogens (primary N) is 1. The zero-order valence-corrected chi connectivity index (χ0v) is 11.3. The Morgan fingerprint density at radius 1 is 1.21 bits per heavy atom. The lowest BCUT2D eigenvalue weighted by molar-refractivity contribution is 0.338. The molecule has 0 fully saturated rings. The molecular formula is C15H19N3O. The summed E-state index contributed by atoms with van der Waals surface area (Å²) in [6.45, 7) is 4.63. The molecule has 0 saturated heterocycles. The van der Waals surface area contributed by atoms with Crippen LogP contribution in [0.1, 0.15) is 29.7 Å². The van der Waals surface area contributed by atoms with Gasteiger partial charge in [0.25, 0.3) is 0 Å². The average molecular weight is 257 g/mol. The Balaban J connectivity index is 2.30. The van der Waals surface area contributed by atoms with E-state index in [-0.39, 0.29) is 6.04 Å². The van der Waals surface area contributed by atoms with Gasteiger partial charge in [-0.2, -0.15) is 0 Å². The maximum Gasteiger partial charge on any atom is 0.137 e. The van der Waals surface area contributed by atoms with E-state index in [0.29, 0.717) is 6.61 Å². The van der Waals surface area contributed by atoms with Gasteiger partial charge in [0, 0.05) is 6.20 Å². The molecule has 1 unspecified atom stereocenters. The maximum atomic E-state index is 5.68. The Kier molecular flexibility index (Phi) is 4.49. The Hall–Kier alpha value is -1.91. The standard InChI is InChI=1S/C15H19N3O/c1-3-19-14-8-13(9-17-10-14)15(18-16)12-6-4-11(2)5-7-12/h4-10,15,18H,3,16H2,1-2H3. The number of aryl methyl sites for hydroxylation is 1. The first kappa shape index (κ1) is 13.5. The normalized spacial score (nSPS) is 12.2. The van der Waals surface area contributed by atoms with Crippen molar-refractivity contribution < 1.29 is 4.74 Å².